The molecule has 1 aliphatic rings. The maximum Gasteiger partial charge on any atom is 0.163 e. The van der Waals surface area contributed by atoms with Crippen molar-refractivity contribution in [2.45, 2.75) is 158 Å². The first-order valence-electron chi connectivity index (χ1n) is 18.0. The number of carbonyl (C=O) groups excluding carboxylic acids is 2. The Bertz CT molecular complexity index is 962. The van der Waals surface area contributed by atoms with Gasteiger partial charge in [0.2, 0.25) is 0 Å². The normalized spacial score (nSPS) is 12.2. The van der Waals surface area contributed by atoms with Crippen molar-refractivity contribution in [2.75, 3.05) is 0 Å². The smallest absolute Gasteiger partial charge is 0.163 e. The molecule has 0 aliphatic heterocycles. The summed E-state index contributed by atoms with van der Waals surface area (Å²) in [4.78, 5) is 23.5. The second-order valence-electron chi connectivity index (χ2n) is 12.4. The van der Waals surface area contributed by atoms with E-state index < -0.39 is 62.6 Å². The van der Waals surface area contributed by atoms with Gasteiger partial charge in [-0.3, -0.25) is 9.59 Å². The van der Waals surface area contributed by atoms with Crippen LogP contribution in [0.2, 0.25) is 26.6 Å². The molecule has 0 aromatic heterocycles. The number of unbranched alkanes of at least 4 members (excludes halogenated alkanes) is 6. The summed E-state index contributed by atoms with van der Waals surface area (Å²) < 4.78 is 10.1. The van der Waals surface area contributed by atoms with Crippen LogP contribution in [0.25, 0.3) is 10.8 Å². The molecule has 6 heteroatoms. The van der Waals surface area contributed by atoms with E-state index >= 15 is 0 Å². The van der Waals surface area contributed by atoms with Crippen LogP contribution >= 0.6 is 0 Å². The Hall–Kier alpha value is -0.763. The Kier molecular flexibility index (Phi) is 23.8. The molecule has 0 unspecified atom stereocenters. The zero-order chi connectivity index (χ0) is 32.7. The first-order valence-corrected chi connectivity index (χ1v) is 30.1. The van der Waals surface area contributed by atoms with Crippen molar-refractivity contribution < 1.29 is 19.8 Å². The molecule has 0 N–H and O–H groups in total. The van der Waals surface area contributed by atoms with Gasteiger partial charge in [0.1, 0.15) is 0 Å². The monoisotopic (exact) mass is 822 g/mol. The van der Waals surface area contributed by atoms with Crippen LogP contribution in [-0.2, 0) is 0 Å². The number of benzene rings is 2. The quantitative estimate of drug-likeness (QED) is 0.140. The van der Waals surface area contributed by atoms with Gasteiger partial charge in [0, 0.05) is 24.0 Å². The average molecular weight is 820 g/mol. The van der Waals surface area contributed by atoms with E-state index in [1.807, 2.05) is 0 Å². The van der Waals surface area contributed by atoms with E-state index in [1.54, 1.807) is 38.8 Å². The van der Waals surface area contributed by atoms with E-state index in [0.29, 0.717) is 0 Å². The third-order valence-corrected chi connectivity index (χ3v) is 26.7. The van der Waals surface area contributed by atoms with Crippen molar-refractivity contribution in [1.29, 1.82) is 0 Å². The van der Waals surface area contributed by atoms with Gasteiger partial charge in [-0.05, 0) is 10.8 Å². The van der Waals surface area contributed by atoms with E-state index in [2.05, 4.69) is 41.5 Å². The van der Waals surface area contributed by atoms with Gasteiger partial charge in [-0.25, -0.2) is 0 Å². The van der Waals surface area contributed by atoms with Gasteiger partial charge in [-0.15, -0.1) is 0 Å². The average Bonchev–Trinajstić information content (AvgIpc) is 3.04. The third kappa shape index (κ3) is 14.8. The zero-order valence-electron chi connectivity index (χ0n) is 29.1. The van der Waals surface area contributed by atoms with Crippen LogP contribution in [-0.4, -0.2) is 51.1 Å². The number of carbonyl (C=O) groups is 2. The second kappa shape index (κ2) is 25.3. The number of ketones is 2. The van der Waals surface area contributed by atoms with Crippen LogP contribution in [0.5, 0.6) is 11.5 Å². The maximum atomic E-state index is 12.2. The van der Waals surface area contributed by atoms with E-state index in [-0.39, 0.29) is 34.7 Å². The van der Waals surface area contributed by atoms with Crippen molar-refractivity contribution in [3.05, 3.63) is 35.4 Å². The fraction of sp³-hybridized carbons (Fsp3) is 0.684. The Labute approximate surface area is 284 Å². The Morgan fingerprint density at radius 3 is 0.977 bits per heavy atom. The molecule has 2 aromatic carbocycles. The van der Waals surface area contributed by atoms with Crippen LogP contribution in [0.4, 0.5) is 0 Å². The summed E-state index contributed by atoms with van der Waals surface area (Å²) in [6, 6.07) is 6.27. The molecule has 246 valence electrons. The molecule has 0 amide bonds. The summed E-state index contributed by atoms with van der Waals surface area (Å²) >= 11 is -1.68. The van der Waals surface area contributed by atoms with Gasteiger partial charge in [-0.2, -0.15) is 0 Å². The molecule has 0 saturated carbocycles. The second-order valence-corrected chi connectivity index (χ2v) is 29.5. The van der Waals surface area contributed by atoms with Gasteiger partial charge >= 0.3 is 185 Å². The summed E-state index contributed by atoms with van der Waals surface area (Å²) in [5.41, 5.74) is -0.426. The Balaban J connectivity index is 0.000000340. The summed E-state index contributed by atoms with van der Waals surface area (Å²) in [5.74, 6) is -1.81. The van der Waals surface area contributed by atoms with Crippen LogP contribution in [0.1, 0.15) is 152 Å². The van der Waals surface area contributed by atoms with Crippen LogP contribution in [0.3, 0.4) is 0 Å². The van der Waals surface area contributed by atoms with Crippen molar-refractivity contribution in [3.63, 3.8) is 0 Å². The molecule has 0 bridgehead atoms. The molecule has 0 fully saturated rings. The molecular formula is C38H62O4Sn2. The summed E-state index contributed by atoms with van der Waals surface area (Å²) in [6.45, 7) is 14.0. The SMILES string of the molecule is CCC[CH2][Sn+]([CH2]CCC)[CH2]CCC.CCC[CH2][Sn+]([CH2]CCC)[CH2]CCC.O=C1CCC(=O)c2c1c([O-])c1ccccc1c2[O-]. The zero-order valence-corrected chi connectivity index (χ0v) is 34.8. The minimum Gasteiger partial charge on any atom is -0.872 e. The summed E-state index contributed by atoms with van der Waals surface area (Å²) in [6.07, 6.45) is 17.7. The molecule has 0 radical (unpaired) electrons. The third-order valence-electron chi connectivity index (χ3n) is 8.56. The van der Waals surface area contributed by atoms with E-state index in [9.17, 15) is 19.8 Å². The van der Waals surface area contributed by atoms with Crippen LogP contribution < -0.4 is 10.2 Å². The standard InChI is InChI=1S/C14H10O4.6C4H9.2Sn/c15-9-5-6-10(16)12-11(9)13(17)7-3-1-2-4-8(7)14(12)18;6*1-3-4-2;;/h1-4,17-18H,5-6H2;6*1,3-4H2,2H3;;/q;;;;;;;2*+1/p-2. The van der Waals surface area contributed by atoms with Gasteiger partial charge in [0.25, 0.3) is 0 Å². The summed E-state index contributed by atoms with van der Waals surface area (Å²) in [7, 11) is 0. The molecule has 4 nitrogen and oxygen atoms in total. The van der Waals surface area contributed by atoms with E-state index in [4.69, 9.17) is 0 Å². The number of fused-ring (bicyclic) bond motifs is 2. The molecule has 0 saturated heterocycles. The number of Topliss-reactive ketones (excluding diaryl/α,β-unsaturated/α-hetero) is 2. The predicted molar refractivity (Wildman–Crippen MR) is 191 cm³/mol. The van der Waals surface area contributed by atoms with E-state index in [1.165, 1.54) is 89.2 Å². The topological polar surface area (TPSA) is 80.3 Å². The van der Waals surface area contributed by atoms with Crippen molar-refractivity contribution >= 4 is 61.9 Å². The van der Waals surface area contributed by atoms with E-state index in [0.717, 1.165) is 0 Å². The predicted octanol–water partition coefficient (Wildman–Crippen LogP) is 10.9. The van der Waals surface area contributed by atoms with Gasteiger partial charge < -0.3 is 10.2 Å². The fourth-order valence-electron chi connectivity index (χ4n) is 5.70. The fourth-order valence-corrected chi connectivity index (χ4v) is 24.6. The molecule has 3 rings (SSSR count). The molecule has 0 heterocycles. The minimum absolute atomic E-state index is 0.0128. The minimum atomic E-state index is -0.839. The van der Waals surface area contributed by atoms with Gasteiger partial charge in [-0.1, -0.05) is 35.8 Å². The summed E-state index contributed by atoms with van der Waals surface area (Å²) in [5, 5.41) is 24.8. The van der Waals surface area contributed by atoms with Crippen LogP contribution in [0.15, 0.2) is 24.3 Å². The number of hydrogen-bond donors (Lipinski definition) is 0. The number of hydrogen-bond acceptors (Lipinski definition) is 4. The van der Waals surface area contributed by atoms with Crippen molar-refractivity contribution in [2.24, 2.45) is 0 Å². The Morgan fingerprint density at radius 2 is 0.750 bits per heavy atom. The van der Waals surface area contributed by atoms with Gasteiger partial charge in [0.05, 0.1) is 0 Å². The molecule has 0 atom stereocenters. The molecule has 2 aromatic rings. The molecule has 0 spiro atoms. The first-order chi connectivity index (χ1) is 21.3. The van der Waals surface area contributed by atoms with Crippen molar-refractivity contribution in [1.82, 2.24) is 0 Å². The van der Waals surface area contributed by atoms with Crippen LogP contribution in [0, 0.1) is 0 Å². The maximum absolute atomic E-state index is 12.2. The molecule has 44 heavy (non-hydrogen) atoms. The largest absolute Gasteiger partial charge is 0.872 e. The number of rotatable bonds is 18. The van der Waals surface area contributed by atoms with Gasteiger partial charge in [0.15, 0.2) is 11.6 Å². The first kappa shape index (κ1) is 41.3. The van der Waals surface area contributed by atoms with Crippen molar-refractivity contribution in [3.8, 4) is 11.5 Å². The molecule has 1 aliphatic carbocycles. The Morgan fingerprint density at radius 1 is 0.500 bits per heavy atom. The molecular weight excluding hydrogens is 758 g/mol.